The van der Waals surface area contributed by atoms with Gasteiger partial charge in [-0.05, 0) is 0 Å². The predicted molar refractivity (Wildman–Crippen MR) is 31.9 cm³/mol. The van der Waals surface area contributed by atoms with Gasteiger partial charge in [-0.1, -0.05) is 13.8 Å². The second-order valence-corrected chi connectivity index (χ2v) is 2.01. The van der Waals surface area contributed by atoms with E-state index in [2.05, 4.69) is 20.5 Å². The van der Waals surface area contributed by atoms with Crippen LogP contribution >= 0.6 is 16.1 Å². The molecule has 3 heteroatoms. The minimum absolute atomic E-state index is 0.0139. The van der Waals surface area contributed by atoms with Crippen LogP contribution in [-0.4, -0.2) is 5.91 Å². The highest BCUT2D eigenvalue weighted by molar-refractivity contribution is 9.08. The van der Waals surface area contributed by atoms with Crippen molar-refractivity contribution < 1.29 is 4.79 Å². The molecule has 0 aliphatic heterocycles. The second-order valence-electron chi connectivity index (χ2n) is 1.61. The van der Waals surface area contributed by atoms with Gasteiger partial charge in [0.1, 0.15) is 0 Å². The number of carbonyl (C=O) groups is 1. The molecule has 7 heavy (non-hydrogen) atoms. The molecule has 0 rings (SSSR count). The number of carbonyl (C=O) groups excluding carboxylic acids is 1. The number of hydrogen-bond acceptors (Lipinski definition) is 1. The van der Waals surface area contributed by atoms with Gasteiger partial charge in [0.2, 0.25) is 5.91 Å². The number of halogens is 1. The van der Waals surface area contributed by atoms with Gasteiger partial charge in [-0.2, -0.15) is 0 Å². The van der Waals surface area contributed by atoms with E-state index >= 15 is 0 Å². The lowest BCUT2D eigenvalue weighted by molar-refractivity contribution is -0.121. The molecule has 0 saturated carbocycles. The zero-order valence-electron chi connectivity index (χ0n) is 4.36. The maximum absolute atomic E-state index is 10.4. The average molecular weight is 166 g/mol. The Morgan fingerprint density at radius 2 is 2.14 bits per heavy atom. The van der Waals surface area contributed by atoms with Crippen LogP contribution in [0, 0.1) is 5.92 Å². The first-order chi connectivity index (χ1) is 3.18. The molecule has 0 bridgehead atoms. The molecule has 0 heterocycles. The number of nitrogens with one attached hydrogen (secondary N) is 1. The molecular weight excluding hydrogens is 158 g/mol. The van der Waals surface area contributed by atoms with E-state index in [0.717, 1.165) is 0 Å². The minimum atomic E-state index is 0.0139. The van der Waals surface area contributed by atoms with Gasteiger partial charge < -0.3 is 0 Å². The van der Waals surface area contributed by atoms with Crippen LogP contribution in [0.3, 0.4) is 0 Å². The van der Waals surface area contributed by atoms with Gasteiger partial charge >= 0.3 is 0 Å². The fraction of sp³-hybridized carbons (Fsp3) is 0.750. The van der Waals surface area contributed by atoms with Gasteiger partial charge in [0.25, 0.3) is 0 Å². The lowest BCUT2D eigenvalue weighted by Crippen LogP contribution is -2.17. The third-order valence-corrected chi connectivity index (χ3v) is 1.01. The molecule has 0 radical (unpaired) electrons. The molecular formula is C4H8BrNO. The maximum Gasteiger partial charge on any atom is 0.232 e. The maximum atomic E-state index is 10.4. The van der Waals surface area contributed by atoms with Crippen LogP contribution in [0.5, 0.6) is 0 Å². The summed E-state index contributed by atoms with van der Waals surface area (Å²) in [5, 5.41) is 0. The number of amides is 1. The van der Waals surface area contributed by atoms with Crippen LogP contribution in [0.4, 0.5) is 0 Å². The van der Waals surface area contributed by atoms with Gasteiger partial charge in [-0.25, -0.2) is 0 Å². The van der Waals surface area contributed by atoms with Crippen molar-refractivity contribution in [1.29, 1.82) is 0 Å². The largest absolute Gasteiger partial charge is 0.292 e. The molecule has 0 aromatic carbocycles. The Labute approximate surface area is 51.6 Å². The van der Waals surface area contributed by atoms with Crippen molar-refractivity contribution in [2.45, 2.75) is 13.8 Å². The van der Waals surface area contributed by atoms with Gasteiger partial charge in [-0.15, -0.1) is 0 Å². The summed E-state index contributed by atoms with van der Waals surface area (Å²) in [6.45, 7) is 3.66. The Balaban J connectivity index is 3.35. The van der Waals surface area contributed by atoms with Crippen LogP contribution < -0.4 is 4.34 Å². The van der Waals surface area contributed by atoms with Crippen LogP contribution in [-0.2, 0) is 4.79 Å². The third-order valence-electron chi connectivity index (χ3n) is 0.618. The van der Waals surface area contributed by atoms with Crippen LogP contribution in [0.15, 0.2) is 0 Å². The van der Waals surface area contributed by atoms with Crippen molar-refractivity contribution in [2.75, 3.05) is 0 Å². The Morgan fingerprint density at radius 1 is 1.71 bits per heavy atom. The van der Waals surface area contributed by atoms with Crippen molar-refractivity contribution in [2.24, 2.45) is 5.92 Å². The number of hydrogen-bond donors (Lipinski definition) is 1. The summed E-state index contributed by atoms with van der Waals surface area (Å²) in [6.07, 6.45) is 0. The predicted octanol–water partition coefficient (Wildman–Crippen LogP) is 1.07. The summed E-state index contributed by atoms with van der Waals surface area (Å²) in [5.41, 5.74) is 0. The lowest BCUT2D eigenvalue weighted by atomic mass is 10.2. The smallest absolute Gasteiger partial charge is 0.232 e. The van der Waals surface area contributed by atoms with E-state index in [1.165, 1.54) is 0 Å². The molecule has 1 N–H and O–H groups in total. The Kier molecular flexibility index (Phi) is 3.00. The molecule has 1 amide bonds. The summed E-state index contributed by atoms with van der Waals surface area (Å²) in [4.78, 5) is 10.4. The average Bonchev–Trinajstić information content (AvgIpc) is 1.65. The first-order valence-electron chi connectivity index (χ1n) is 2.09. The summed E-state index contributed by atoms with van der Waals surface area (Å²) in [6, 6.07) is 0. The second kappa shape index (κ2) is 3.02. The highest BCUT2D eigenvalue weighted by atomic mass is 79.9. The van der Waals surface area contributed by atoms with Crippen molar-refractivity contribution in [3.8, 4) is 0 Å². The molecule has 0 aromatic rings. The molecule has 42 valence electrons. The highest BCUT2D eigenvalue weighted by Gasteiger charge is 2.01. The van der Waals surface area contributed by atoms with Crippen LogP contribution in [0.2, 0.25) is 0 Å². The fourth-order valence-electron chi connectivity index (χ4n) is 0.109. The zero-order chi connectivity index (χ0) is 5.86. The van der Waals surface area contributed by atoms with Crippen molar-refractivity contribution in [3.63, 3.8) is 0 Å². The fourth-order valence-corrected chi connectivity index (χ4v) is 0.567. The van der Waals surface area contributed by atoms with Gasteiger partial charge in [0.05, 0.1) is 0 Å². The van der Waals surface area contributed by atoms with Crippen molar-refractivity contribution >= 4 is 22.1 Å². The molecule has 0 atom stereocenters. The summed E-state index contributed by atoms with van der Waals surface area (Å²) in [5.74, 6) is 0.0828. The first kappa shape index (κ1) is 6.95. The summed E-state index contributed by atoms with van der Waals surface area (Å²) >= 11 is 2.82. The molecule has 0 fully saturated rings. The Morgan fingerprint density at radius 3 is 2.14 bits per heavy atom. The van der Waals surface area contributed by atoms with Gasteiger partial charge in [-0.3, -0.25) is 9.14 Å². The first-order valence-corrected chi connectivity index (χ1v) is 2.88. The SMILES string of the molecule is CC(C)C(=O)NBr. The summed E-state index contributed by atoms with van der Waals surface area (Å²) < 4.78 is 2.34. The molecule has 0 aromatic heterocycles. The van der Waals surface area contributed by atoms with Crippen LogP contribution in [0.25, 0.3) is 0 Å². The van der Waals surface area contributed by atoms with E-state index in [1.807, 2.05) is 13.8 Å². The van der Waals surface area contributed by atoms with Gasteiger partial charge in [0.15, 0.2) is 0 Å². The highest BCUT2D eigenvalue weighted by Crippen LogP contribution is 1.90. The molecule has 0 unspecified atom stereocenters. The lowest BCUT2D eigenvalue weighted by Gasteiger charge is -1.96. The number of rotatable bonds is 1. The minimum Gasteiger partial charge on any atom is -0.292 e. The monoisotopic (exact) mass is 165 g/mol. The molecule has 0 spiro atoms. The van der Waals surface area contributed by atoms with Crippen molar-refractivity contribution in [3.05, 3.63) is 0 Å². The topological polar surface area (TPSA) is 29.1 Å². The van der Waals surface area contributed by atoms with E-state index in [1.54, 1.807) is 0 Å². The molecule has 0 aliphatic carbocycles. The van der Waals surface area contributed by atoms with E-state index < -0.39 is 0 Å². The van der Waals surface area contributed by atoms with E-state index in [-0.39, 0.29) is 11.8 Å². The molecule has 2 nitrogen and oxygen atoms in total. The quantitative estimate of drug-likeness (QED) is 0.580. The Bertz CT molecular complexity index is 72.1. The third kappa shape index (κ3) is 2.62. The van der Waals surface area contributed by atoms with E-state index in [4.69, 9.17) is 0 Å². The molecule has 0 aliphatic rings. The standard InChI is InChI=1S/C4H8BrNO/c1-3(2)4(7)6-5/h3H,1-2H3,(H,6,7). The molecule has 0 saturated heterocycles. The van der Waals surface area contributed by atoms with E-state index in [0.29, 0.717) is 0 Å². The van der Waals surface area contributed by atoms with Gasteiger partial charge in [0, 0.05) is 22.1 Å². The summed E-state index contributed by atoms with van der Waals surface area (Å²) in [7, 11) is 0. The van der Waals surface area contributed by atoms with E-state index in [9.17, 15) is 4.79 Å². The zero-order valence-corrected chi connectivity index (χ0v) is 5.95. The Hall–Kier alpha value is -0.0500. The van der Waals surface area contributed by atoms with Crippen LogP contribution in [0.1, 0.15) is 13.8 Å². The van der Waals surface area contributed by atoms with Crippen molar-refractivity contribution in [1.82, 2.24) is 4.34 Å². The normalized spacial score (nSPS) is 9.14.